The van der Waals surface area contributed by atoms with Gasteiger partial charge in [0.25, 0.3) is 5.91 Å². The van der Waals surface area contributed by atoms with Crippen molar-refractivity contribution in [2.45, 2.75) is 38.5 Å². The fourth-order valence-corrected chi connectivity index (χ4v) is 3.25. The number of hydrogen-bond donors (Lipinski definition) is 2. The molecule has 20 heavy (non-hydrogen) atoms. The molecular weight excluding hydrogens is 280 g/mol. The molecule has 0 bridgehead atoms. The number of primary sulfonamides is 1. The van der Waals surface area contributed by atoms with Gasteiger partial charge >= 0.3 is 0 Å². The Morgan fingerprint density at radius 2 is 1.90 bits per heavy atom. The molecule has 1 amide bonds. The summed E-state index contributed by atoms with van der Waals surface area (Å²) in [6, 6.07) is 0. The van der Waals surface area contributed by atoms with E-state index < -0.39 is 10.0 Å². The van der Waals surface area contributed by atoms with Gasteiger partial charge in [-0.25, -0.2) is 13.6 Å². The summed E-state index contributed by atoms with van der Waals surface area (Å²) in [4.78, 5) is 13.8. The molecular formula is C12H20N4O3S. The fraction of sp³-hybridized carbons (Fsp3) is 0.667. The monoisotopic (exact) mass is 300 g/mol. The molecule has 1 aromatic rings. The average molecular weight is 300 g/mol. The second-order valence-corrected chi connectivity index (χ2v) is 7.53. The Hall–Kier alpha value is -1.41. The lowest BCUT2D eigenvalue weighted by atomic mass is 9.82. The largest absolute Gasteiger partial charge is 0.337 e. The standard InChI is InChI=1S/C12H20N4O3S/c1-8-10(20(13,18)19)9(15-14-8)11(17)16-6-4-12(2,3)5-7-16/h4-7H2,1-3H3,(H,14,15)(H2,13,18,19). The number of nitrogens with zero attached hydrogens (tertiary/aromatic N) is 2. The summed E-state index contributed by atoms with van der Waals surface area (Å²) in [6.07, 6.45) is 1.76. The first-order valence-electron chi connectivity index (χ1n) is 6.49. The van der Waals surface area contributed by atoms with Crippen molar-refractivity contribution < 1.29 is 13.2 Å². The molecule has 2 heterocycles. The van der Waals surface area contributed by atoms with Crippen molar-refractivity contribution in [1.29, 1.82) is 0 Å². The van der Waals surface area contributed by atoms with Crippen LogP contribution >= 0.6 is 0 Å². The molecule has 0 saturated carbocycles. The molecule has 0 radical (unpaired) electrons. The Bertz CT molecular complexity index is 623. The second-order valence-electron chi connectivity index (χ2n) is 6.03. The lowest BCUT2D eigenvalue weighted by molar-refractivity contribution is 0.0620. The summed E-state index contributed by atoms with van der Waals surface area (Å²) in [7, 11) is -3.97. The zero-order valence-corrected chi connectivity index (χ0v) is 12.7. The minimum atomic E-state index is -3.97. The topological polar surface area (TPSA) is 109 Å². The van der Waals surface area contributed by atoms with Crippen LogP contribution in [0.2, 0.25) is 0 Å². The Morgan fingerprint density at radius 1 is 1.35 bits per heavy atom. The number of sulfonamides is 1. The summed E-state index contributed by atoms with van der Waals surface area (Å²) in [5.41, 5.74) is 0.388. The molecule has 3 N–H and O–H groups in total. The number of aromatic amines is 1. The van der Waals surface area contributed by atoms with Crippen molar-refractivity contribution in [1.82, 2.24) is 15.1 Å². The Kier molecular flexibility index (Phi) is 3.64. The number of likely N-dealkylation sites (tertiary alicyclic amines) is 1. The third kappa shape index (κ3) is 2.85. The number of amides is 1. The van der Waals surface area contributed by atoms with E-state index in [1.165, 1.54) is 6.92 Å². The van der Waals surface area contributed by atoms with Crippen molar-refractivity contribution in [2.75, 3.05) is 13.1 Å². The van der Waals surface area contributed by atoms with Crippen molar-refractivity contribution >= 4 is 15.9 Å². The molecule has 1 aromatic heterocycles. The van der Waals surface area contributed by atoms with Gasteiger partial charge < -0.3 is 4.90 Å². The Labute approximate surface area is 118 Å². The number of carbonyl (C=O) groups is 1. The third-order valence-electron chi connectivity index (χ3n) is 3.78. The third-order valence-corrected chi connectivity index (χ3v) is 4.85. The van der Waals surface area contributed by atoms with Crippen molar-refractivity contribution in [2.24, 2.45) is 10.6 Å². The van der Waals surface area contributed by atoms with Crippen molar-refractivity contribution in [3.8, 4) is 0 Å². The molecule has 2 rings (SSSR count). The number of piperidine rings is 1. The molecule has 0 atom stereocenters. The minimum absolute atomic E-state index is 0.107. The van der Waals surface area contributed by atoms with Gasteiger partial charge in [0.2, 0.25) is 10.0 Å². The van der Waals surface area contributed by atoms with Crippen LogP contribution in [0.25, 0.3) is 0 Å². The maximum atomic E-state index is 12.4. The highest BCUT2D eigenvalue weighted by molar-refractivity contribution is 7.89. The molecule has 0 unspecified atom stereocenters. The summed E-state index contributed by atoms with van der Waals surface area (Å²) in [5.74, 6) is -0.381. The minimum Gasteiger partial charge on any atom is -0.337 e. The van der Waals surface area contributed by atoms with Gasteiger partial charge in [0.05, 0.1) is 5.69 Å². The van der Waals surface area contributed by atoms with Crippen LogP contribution in [0.3, 0.4) is 0 Å². The lowest BCUT2D eigenvalue weighted by Crippen LogP contribution is -2.41. The van der Waals surface area contributed by atoms with Gasteiger partial charge in [-0.3, -0.25) is 9.89 Å². The van der Waals surface area contributed by atoms with Crippen LogP contribution in [0.5, 0.6) is 0 Å². The molecule has 0 spiro atoms. The predicted molar refractivity (Wildman–Crippen MR) is 73.6 cm³/mol. The fourth-order valence-electron chi connectivity index (χ4n) is 2.38. The number of aryl methyl sites for hydroxylation is 1. The van der Waals surface area contributed by atoms with Crippen LogP contribution in [0, 0.1) is 12.3 Å². The summed E-state index contributed by atoms with van der Waals surface area (Å²) in [6.45, 7) is 7.04. The van der Waals surface area contributed by atoms with E-state index in [9.17, 15) is 13.2 Å². The van der Waals surface area contributed by atoms with E-state index in [1.807, 2.05) is 0 Å². The maximum absolute atomic E-state index is 12.4. The van der Waals surface area contributed by atoms with Gasteiger partial charge in [-0.05, 0) is 25.2 Å². The number of carbonyl (C=O) groups excluding carboxylic acids is 1. The second kappa shape index (κ2) is 4.85. The summed E-state index contributed by atoms with van der Waals surface area (Å²) >= 11 is 0. The zero-order valence-electron chi connectivity index (χ0n) is 11.9. The highest BCUT2D eigenvalue weighted by Gasteiger charge is 2.33. The molecule has 112 valence electrons. The number of aromatic nitrogens is 2. The van der Waals surface area contributed by atoms with Gasteiger partial charge in [0, 0.05) is 13.1 Å². The number of H-pyrrole nitrogens is 1. The molecule has 8 heteroatoms. The van der Waals surface area contributed by atoms with E-state index in [-0.39, 0.29) is 27.6 Å². The van der Waals surface area contributed by atoms with E-state index in [0.29, 0.717) is 13.1 Å². The van der Waals surface area contributed by atoms with Crippen LogP contribution in [-0.2, 0) is 10.0 Å². The molecule has 1 fully saturated rings. The normalized spacial score (nSPS) is 19.1. The van der Waals surface area contributed by atoms with Crippen molar-refractivity contribution in [3.05, 3.63) is 11.4 Å². The van der Waals surface area contributed by atoms with Gasteiger partial charge in [-0.2, -0.15) is 5.10 Å². The van der Waals surface area contributed by atoms with Crippen LogP contribution in [0.15, 0.2) is 4.90 Å². The van der Waals surface area contributed by atoms with E-state index in [0.717, 1.165) is 12.8 Å². The van der Waals surface area contributed by atoms with Gasteiger partial charge in [-0.1, -0.05) is 13.8 Å². The molecule has 1 aliphatic heterocycles. The first-order valence-corrected chi connectivity index (χ1v) is 8.03. The molecule has 0 aromatic carbocycles. The SMILES string of the molecule is Cc1[nH]nc(C(=O)N2CCC(C)(C)CC2)c1S(N)(=O)=O. The van der Waals surface area contributed by atoms with Crippen LogP contribution in [0.4, 0.5) is 0 Å². The Balaban J connectivity index is 2.28. The van der Waals surface area contributed by atoms with Gasteiger partial charge in [0.1, 0.15) is 4.90 Å². The first kappa shape index (κ1) is 15.0. The van der Waals surface area contributed by atoms with Crippen LogP contribution < -0.4 is 5.14 Å². The number of rotatable bonds is 2. The van der Waals surface area contributed by atoms with E-state index in [2.05, 4.69) is 24.0 Å². The molecule has 7 nitrogen and oxygen atoms in total. The summed E-state index contributed by atoms with van der Waals surface area (Å²) < 4.78 is 23.1. The summed E-state index contributed by atoms with van der Waals surface area (Å²) in [5, 5.41) is 11.5. The van der Waals surface area contributed by atoms with Gasteiger partial charge in [0.15, 0.2) is 5.69 Å². The maximum Gasteiger partial charge on any atom is 0.275 e. The molecule has 0 aliphatic carbocycles. The van der Waals surface area contributed by atoms with Crippen molar-refractivity contribution in [3.63, 3.8) is 0 Å². The van der Waals surface area contributed by atoms with E-state index >= 15 is 0 Å². The van der Waals surface area contributed by atoms with E-state index in [4.69, 9.17) is 5.14 Å². The van der Waals surface area contributed by atoms with Crippen LogP contribution in [-0.4, -0.2) is 42.5 Å². The van der Waals surface area contributed by atoms with Gasteiger partial charge in [-0.15, -0.1) is 0 Å². The first-order chi connectivity index (χ1) is 9.12. The Morgan fingerprint density at radius 3 is 2.40 bits per heavy atom. The number of nitrogens with two attached hydrogens (primary N) is 1. The molecule has 1 aliphatic rings. The molecule has 1 saturated heterocycles. The zero-order chi connectivity index (χ0) is 15.1. The highest BCUT2D eigenvalue weighted by Crippen LogP contribution is 2.30. The highest BCUT2D eigenvalue weighted by atomic mass is 32.2. The quantitative estimate of drug-likeness (QED) is 0.834. The number of hydrogen-bond acceptors (Lipinski definition) is 4. The predicted octanol–water partition coefficient (Wildman–Crippen LogP) is 0.628. The lowest BCUT2D eigenvalue weighted by Gasteiger charge is -2.36. The van der Waals surface area contributed by atoms with E-state index in [1.54, 1.807) is 4.90 Å². The average Bonchev–Trinajstić information content (AvgIpc) is 2.70. The number of nitrogens with one attached hydrogen (secondary N) is 1. The van der Waals surface area contributed by atoms with Crippen LogP contribution in [0.1, 0.15) is 42.9 Å². The smallest absolute Gasteiger partial charge is 0.275 e.